The van der Waals surface area contributed by atoms with Gasteiger partial charge in [0.2, 0.25) is 0 Å². The highest BCUT2D eigenvalue weighted by Gasteiger charge is 2.37. The number of rotatable bonds is 6. The lowest BCUT2D eigenvalue weighted by Crippen LogP contribution is -2.45. The summed E-state index contributed by atoms with van der Waals surface area (Å²) in [5.41, 5.74) is 0.157. The van der Waals surface area contributed by atoms with Crippen LogP contribution in [-0.4, -0.2) is 44.0 Å². The molecule has 1 amide bonds. The van der Waals surface area contributed by atoms with Crippen LogP contribution in [0.5, 0.6) is 0 Å². The molecule has 10 heteroatoms. The van der Waals surface area contributed by atoms with Crippen molar-refractivity contribution in [2.45, 2.75) is 37.8 Å². The summed E-state index contributed by atoms with van der Waals surface area (Å²) >= 11 is 0. The standard InChI is InChI=1S/C28H26F3N5O2/c1-17(18-5-4-6-19(25(18)29)26(30)31)35-21-8-12-33-23-16-34-24(15-20(21)23)28(38)9-13-36(14-10-28)27(37)22-7-2-3-11-32-22/h2-8,11-12,15-17,26,38H,9-10,13-14H2,1H3,(H,33,35)/t17-/m1/s1. The first-order valence-electron chi connectivity index (χ1n) is 12.3. The van der Waals surface area contributed by atoms with Gasteiger partial charge in [0.05, 0.1) is 29.0 Å². The smallest absolute Gasteiger partial charge is 0.272 e. The lowest BCUT2D eigenvalue weighted by Gasteiger charge is -2.37. The van der Waals surface area contributed by atoms with Gasteiger partial charge in [-0.15, -0.1) is 0 Å². The first-order valence-corrected chi connectivity index (χ1v) is 12.3. The van der Waals surface area contributed by atoms with Crippen LogP contribution in [0.3, 0.4) is 0 Å². The van der Waals surface area contributed by atoms with Crippen molar-refractivity contribution in [2.75, 3.05) is 18.4 Å². The van der Waals surface area contributed by atoms with Crippen LogP contribution in [0, 0.1) is 5.82 Å². The zero-order chi connectivity index (χ0) is 26.9. The van der Waals surface area contributed by atoms with E-state index < -0.39 is 29.4 Å². The van der Waals surface area contributed by atoms with Crippen LogP contribution in [0.1, 0.15) is 59.5 Å². The Morgan fingerprint density at radius 1 is 1.03 bits per heavy atom. The summed E-state index contributed by atoms with van der Waals surface area (Å²) in [6.45, 7) is 2.35. The zero-order valence-electron chi connectivity index (χ0n) is 20.6. The Balaban J connectivity index is 1.38. The second kappa shape index (κ2) is 10.4. The minimum absolute atomic E-state index is 0.116. The summed E-state index contributed by atoms with van der Waals surface area (Å²) in [6, 6.07) is 11.9. The molecular formula is C28H26F3N5O2. The number of likely N-dealkylation sites (tertiary alicyclic amines) is 1. The lowest BCUT2D eigenvalue weighted by atomic mass is 9.87. The Bertz CT molecular complexity index is 1460. The number of anilines is 1. The Morgan fingerprint density at radius 2 is 1.79 bits per heavy atom. The number of alkyl halides is 2. The van der Waals surface area contributed by atoms with Crippen molar-refractivity contribution in [3.05, 3.63) is 95.5 Å². The molecule has 0 aliphatic carbocycles. The largest absolute Gasteiger partial charge is 0.383 e. The Labute approximate surface area is 217 Å². The number of pyridine rings is 3. The minimum Gasteiger partial charge on any atom is -0.383 e. The van der Waals surface area contributed by atoms with Gasteiger partial charge in [-0.05, 0) is 44.0 Å². The monoisotopic (exact) mass is 521 g/mol. The molecule has 0 unspecified atom stereocenters. The average molecular weight is 522 g/mol. The molecule has 5 rings (SSSR count). The molecule has 1 aliphatic rings. The van der Waals surface area contributed by atoms with Crippen LogP contribution < -0.4 is 5.32 Å². The number of fused-ring (bicyclic) bond motifs is 1. The van der Waals surface area contributed by atoms with Gasteiger partial charge in [-0.3, -0.25) is 19.7 Å². The first kappa shape index (κ1) is 25.6. The fourth-order valence-electron chi connectivity index (χ4n) is 4.80. The van der Waals surface area contributed by atoms with Gasteiger partial charge in [-0.2, -0.15) is 0 Å². The number of nitrogens with one attached hydrogen (secondary N) is 1. The number of amides is 1. The number of aliphatic hydroxyl groups is 1. The molecule has 0 spiro atoms. The number of hydrogen-bond acceptors (Lipinski definition) is 6. The molecule has 1 atom stereocenters. The number of carbonyl (C=O) groups is 1. The number of nitrogens with zero attached hydrogens (tertiary/aromatic N) is 4. The van der Waals surface area contributed by atoms with Crippen LogP contribution in [0.4, 0.5) is 18.9 Å². The molecule has 1 saturated heterocycles. The Kier molecular flexibility index (Phi) is 6.98. The van der Waals surface area contributed by atoms with E-state index in [0.717, 1.165) is 6.07 Å². The van der Waals surface area contributed by atoms with E-state index in [1.807, 2.05) is 0 Å². The van der Waals surface area contributed by atoms with E-state index in [0.29, 0.717) is 41.1 Å². The third-order valence-electron chi connectivity index (χ3n) is 7.00. The SMILES string of the molecule is C[C@@H](Nc1ccnc2cnc(C3(O)CCN(C(=O)c4ccccn4)CC3)cc12)c1cccc(C(F)F)c1F. The molecular weight excluding hydrogens is 495 g/mol. The number of piperidine rings is 1. The van der Waals surface area contributed by atoms with Gasteiger partial charge in [0.25, 0.3) is 12.3 Å². The number of carbonyl (C=O) groups excluding carboxylic acids is 1. The van der Waals surface area contributed by atoms with Gasteiger partial charge in [0, 0.05) is 42.1 Å². The van der Waals surface area contributed by atoms with Gasteiger partial charge < -0.3 is 15.3 Å². The van der Waals surface area contributed by atoms with Gasteiger partial charge in [0.1, 0.15) is 17.1 Å². The van der Waals surface area contributed by atoms with Crippen molar-refractivity contribution in [3.8, 4) is 0 Å². The van der Waals surface area contributed by atoms with E-state index >= 15 is 0 Å². The summed E-state index contributed by atoms with van der Waals surface area (Å²) in [5.74, 6) is -1.13. The predicted molar refractivity (Wildman–Crippen MR) is 136 cm³/mol. The van der Waals surface area contributed by atoms with Crippen LogP contribution in [0.2, 0.25) is 0 Å². The van der Waals surface area contributed by atoms with E-state index in [4.69, 9.17) is 0 Å². The Hall–Kier alpha value is -4.05. The molecule has 7 nitrogen and oxygen atoms in total. The summed E-state index contributed by atoms with van der Waals surface area (Å²) in [6.07, 6.45) is 2.36. The highest BCUT2D eigenvalue weighted by molar-refractivity contribution is 5.92. The van der Waals surface area contributed by atoms with Crippen LogP contribution >= 0.6 is 0 Å². The van der Waals surface area contributed by atoms with E-state index in [1.165, 1.54) is 12.1 Å². The maximum atomic E-state index is 14.7. The maximum Gasteiger partial charge on any atom is 0.272 e. The number of benzene rings is 1. The quantitative estimate of drug-likeness (QED) is 0.353. The first-order chi connectivity index (χ1) is 18.3. The number of halogens is 3. The lowest BCUT2D eigenvalue weighted by molar-refractivity contribution is -0.0244. The fraction of sp³-hybridized carbons (Fsp3) is 0.286. The summed E-state index contributed by atoms with van der Waals surface area (Å²) in [5, 5.41) is 15.3. The molecule has 0 radical (unpaired) electrons. The van der Waals surface area contributed by atoms with Gasteiger partial charge in [-0.25, -0.2) is 13.2 Å². The van der Waals surface area contributed by atoms with Crippen molar-refractivity contribution in [1.82, 2.24) is 19.9 Å². The van der Waals surface area contributed by atoms with Gasteiger partial charge in [-0.1, -0.05) is 24.3 Å². The summed E-state index contributed by atoms with van der Waals surface area (Å²) < 4.78 is 41.1. The second-order valence-electron chi connectivity index (χ2n) is 9.40. The third kappa shape index (κ3) is 4.91. The summed E-state index contributed by atoms with van der Waals surface area (Å²) in [4.78, 5) is 27.3. The van der Waals surface area contributed by atoms with E-state index in [9.17, 15) is 23.1 Å². The molecule has 1 aromatic carbocycles. The number of hydrogen-bond donors (Lipinski definition) is 2. The molecule has 38 heavy (non-hydrogen) atoms. The molecule has 3 aromatic heterocycles. The van der Waals surface area contributed by atoms with E-state index in [2.05, 4.69) is 20.3 Å². The fourth-order valence-corrected chi connectivity index (χ4v) is 4.80. The van der Waals surface area contributed by atoms with Crippen LogP contribution in [-0.2, 0) is 5.60 Å². The van der Waals surface area contributed by atoms with E-state index in [1.54, 1.807) is 60.7 Å². The van der Waals surface area contributed by atoms with Crippen LogP contribution in [0.25, 0.3) is 10.9 Å². The third-order valence-corrected chi connectivity index (χ3v) is 7.00. The maximum absolute atomic E-state index is 14.7. The van der Waals surface area contributed by atoms with Crippen molar-refractivity contribution in [2.24, 2.45) is 0 Å². The van der Waals surface area contributed by atoms with Crippen molar-refractivity contribution in [1.29, 1.82) is 0 Å². The molecule has 2 N–H and O–H groups in total. The van der Waals surface area contributed by atoms with Gasteiger partial charge in [0.15, 0.2) is 0 Å². The normalized spacial score (nSPS) is 16.0. The molecule has 1 fully saturated rings. The molecule has 0 saturated carbocycles. The highest BCUT2D eigenvalue weighted by atomic mass is 19.3. The predicted octanol–water partition coefficient (Wildman–Crippen LogP) is 5.40. The topological polar surface area (TPSA) is 91.2 Å². The molecule has 0 bridgehead atoms. The Morgan fingerprint density at radius 3 is 2.50 bits per heavy atom. The number of aromatic nitrogens is 3. The second-order valence-corrected chi connectivity index (χ2v) is 9.40. The molecule has 1 aliphatic heterocycles. The molecule has 4 aromatic rings. The van der Waals surface area contributed by atoms with E-state index in [-0.39, 0.29) is 24.3 Å². The average Bonchev–Trinajstić information content (AvgIpc) is 2.93. The van der Waals surface area contributed by atoms with Gasteiger partial charge >= 0.3 is 0 Å². The minimum atomic E-state index is -2.91. The van der Waals surface area contributed by atoms with Crippen molar-refractivity contribution >= 4 is 22.5 Å². The highest BCUT2D eigenvalue weighted by Crippen LogP contribution is 2.36. The van der Waals surface area contributed by atoms with Crippen molar-refractivity contribution in [3.63, 3.8) is 0 Å². The summed E-state index contributed by atoms with van der Waals surface area (Å²) in [7, 11) is 0. The molecule has 196 valence electrons. The van der Waals surface area contributed by atoms with Crippen molar-refractivity contribution < 1.29 is 23.1 Å². The van der Waals surface area contributed by atoms with Crippen LogP contribution in [0.15, 0.2) is 67.1 Å². The molecule has 4 heterocycles. The zero-order valence-corrected chi connectivity index (χ0v) is 20.6.